The van der Waals surface area contributed by atoms with Gasteiger partial charge in [0, 0.05) is 55.0 Å². The number of fused-ring (bicyclic) bond motifs is 2. The average molecular weight is 661 g/mol. The van der Waals surface area contributed by atoms with Gasteiger partial charge in [-0.15, -0.1) is 0 Å². The van der Waals surface area contributed by atoms with Crippen molar-refractivity contribution in [2.75, 3.05) is 49.3 Å². The normalized spacial score (nSPS) is 12.0. The van der Waals surface area contributed by atoms with E-state index in [1.54, 1.807) is 28.6 Å². The van der Waals surface area contributed by atoms with Gasteiger partial charge < -0.3 is 15.8 Å². The van der Waals surface area contributed by atoms with Crippen molar-refractivity contribution in [3.63, 3.8) is 0 Å². The summed E-state index contributed by atoms with van der Waals surface area (Å²) in [7, 11) is 5.83. The van der Waals surface area contributed by atoms with Gasteiger partial charge >= 0.3 is 6.09 Å². The number of nitrogens with two attached hydrogens (primary N) is 1. The zero-order valence-corrected chi connectivity index (χ0v) is 28.7. The third-order valence-electron chi connectivity index (χ3n) is 6.93. The van der Waals surface area contributed by atoms with E-state index in [-0.39, 0.29) is 12.0 Å². The molecule has 0 saturated carbocycles. The third-order valence-corrected chi connectivity index (χ3v) is 10.6. The molecule has 3 N–H and O–H groups in total. The van der Waals surface area contributed by atoms with Crippen LogP contribution < -0.4 is 21.3 Å². The monoisotopic (exact) mass is 660 g/mol. The molecular formula is C35H41N4O3PS2. The molecule has 0 saturated heterocycles. The molecule has 45 heavy (non-hydrogen) atoms. The Morgan fingerprint density at radius 2 is 1.71 bits per heavy atom. The van der Waals surface area contributed by atoms with Gasteiger partial charge in [-0.3, -0.25) is 14.7 Å². The van der Waals surface area contributed by atoms with Crippen LogP contribution in [0.5, 0.6) is 0 Å². The molecule has 0 aliphatic carbocycles. The number of nitrogens with one attached hydrogen (secondary N) is 1. The lowest BCUT2D eigenvalue weighted by atomic mass is 10.1. The number of carbonyl (C=O) groups is 2. The zero-order valence-electron chi connectivity index (χ0n) is 26.0. The molecule has 4 aromatic carbocycles. The largest absolute Gasteiger partial charge is 0.448 e. The maximum atomic E-state index is 12.2. The summed E-state index contributed by atoms with van der Waals surface area (Å²) in [5.74, 6) is 1.68. The summed E-state index contributed by atoms with van der Waals surface area (Å²) >= 11 is 0. The Labute approximate surface area is 276 Å². The van der Waals surface area contributed by atoms with Crippen LogP contribution in [0.1, 0.15) is 28.4 Å². The lowest BCUT2D eigenvalue weighted by Crippen LogP contribution is -2.27. The molecule has 0 radical (unpaired) electrons. The van der Waals surface area contributed by atoms with Gasteiger partial charge in [0.1, 0.15) is 6.61 Å². The summed E-state index contributed by atoms with van der Waals surface area (Å²) in [4.78, 5) is 30.3. The highest BCUT2D eigenvalue weighted by molar-refractivity contribution is 8.76. The number of aliphatic imine (C=N–C) groups is 1. The van der Waals surface area contributed by atoms with E-state index >= 15 is 0 Å². The van der Waals surface area contributed by atoms with E-state index in [2.05, 4.69) is 59.7 Å². The number of aryl methyl sites for hydroxylation is 1. The van der Waals surface area contributed by atoms with E-state index in [0.717, 1.165) is 66.3 Å². The smallest absolute Gasteiger partial charge is 0.414 e. The van der Waals surface area contributed by atoms with Gasteiger partial charge in [0.2, 0.25) is 0 Å². The van der Waals surface area contributed by atoms with E-state index in [4.69, 9.17) is 10.5 Å². The molecule has 2 amide bonds. The molecule has 1 unspecified atom stereocenters. The molecule has 10 heteroatoms. The second-order valence-electron chi connectivity index (χ2n) is 10.6. The predicted octanol–water partition coefficient (Wildman–Crippen LogP) is 7.13. The fraction of sp³-hybridized carbons (Fsp3) is 0.286. The van der Waals surface area contributed by atoms with Crippen molar-refractivity contribution >= 4 is 75.3 Å². The van der Waals surface area contributed by atoms with Crippen LogP contribution in [-0.4, -0.2) is 62.1 Å². The topological polar surface area (TPSA) is 97.0 Å². The highest BCUT2D eigenvalue weighted by atomic mass is 33.1. The van der Waals surface area contributed by atoms with Crippen molar-refractivity contribution in [1.82, 2.24) is 5.32 Å². The fourth-order valence-electron chi connectivity index (χ4n) is 4.63. The van der Waals surface area contributed by atoms with Gasteiger partial charge in [0.15, 0.2) is 0 Å². The van der Waals surface area contributed by atoms with Crippen LogP contribution in [-0.2, 0) is 11.2 Å². The van der Waals surface area contributed by atoms with Crippen molar-refractivity contribution in [3.8, 4) is 0 Å². The molecule has 0 aromatic heterocycles. The average Bonchev–Trinajstić information content (AvgIpc) is 3.44. The highest BCUT2D eigenvalue weighted by Gasteiger charge is 2.15. The maximum Gasteiger partial charge on any atom is 0.414 e. The molecule has 0 bridgehead atoms. The number of nitrogens with zero attached hydrogens (tertiary/aromatic N) is 2. The van der Waals surface area contributed by atoms with Gasteiger partial charge in [0.25, 0.3) is 5.91 Å². The molecule has 1 aliphatic rings. The quantitative estimate of drug-likeness (QED) is 0.0954. The lowest BCUT2D eigenvalue weighted by molar-refractivity contribution is 0.0956. The van der Waals surface area contributed by atoms with Gasteiger partial charge in [-0.25, -0.2) is 4.79 Å². The molecule has 0 fully saturated rings. The van der Waals surface area contributed by atoms with Crippen LogP contribution in [0.3, 0.4) is 0 Å². The summed E-state index contributed by atoms with van der Waals surface area (Å²) in [6.45, 7) is 5.86. The Morgan fingerprint density at radius 3 is 2.51 bits per heavy atom. The van der Waals surface area contributed by atoms with E-state index < -0.39 is 0 Å². The Morgan fingerprint density at radius 1 is 0.956 bits per heavy atom. The first-order chi connectivity index (χ1) is 21.8. The zero-order chi connectivity index (χ0) is 32.0. The molecule has 0 spiro atoms. The Hall–Kier alpha value is -3.36. The van der Waals surface area contributed by atoms with Gasteiger partial charge in [0.05, 0.1) is 5.69 Å². The van der Waals surface area contributed by atoms with Crippen LogP contribution in [0.25, 0.3) is 10.8 Å². The maximum absolute atomic E-state index is 12.2. The summed E-state index contributed by atoms with van der Waals surface area (Å²) in [6.07, 6.45) is 1.50. The molecule has 1 heterocycles. The predicted molar refractivity (Wildman–Crippen MR) is 197 cm³/mol. The Balaban J connectivity index is 0.000000205. The summed E-state index contributed by atoms with van der Waals surface area (Å²) in [5.41, 5.74) is 11.5. The lowest BCUT2D eigenvalue weighted by Gasteiger charge is -2.17. The standard InChI is InChI=1S/C18H19N2OP.C17H22N2O2S2/c1-13-11-15-12-14(7-8-17(15)20-13)18(21)19-9-10-22-16-5-3-2-4-6-16;1-13-3-4-15-12-16(6-5-14(15)11-13)19(2)17(20)21-8-10-23-22-9-7-18/h2-8,12,22H,9-11H2,1H3,(H,19,21);3-6,11-12H,7-10,18H2,1-2H3. The number of rotatable bonds is 12. The summed E-state index contributed by atoms with van der Waals surface area (Å²) in [6, 6.07) is 28.4. The SMILES string of the molecule is CC1=Nc2ccc(C(=O)NCCPc3ccccc3)cc2C1.Cc1ccc2cc(N(C)C(=O)OCCSSCCN)ccc2c1. The van der Waals surface area contributed by atoms with Crippen molar-refractivity contribution in [2.24, 2.45) is 10.7 Å². The van der Waals surface area contributed by atoms with Gasteiger partial charge in [-0.2, -0.15) is 0 Å². The molecule has 4 aromatic rings. The summed E-state index contributed by atoms with van der Waals surface area (Å²) in [5, 5.41) is 6.62. The highest BCUT2D eigenvalue weighted by Crippen LogP contribution is 2.27. The van der Waals surface area contributed by atoms with E-state index in [9.17, 15) is 9.59 Å². The van der Waals surface area contributed by atoms with E-state index in [0.29, 0.717) is 19.7 Å². The van der Waals surface area contributed by atoms with E-state index in [1.807, 2.05) is 49.4 Å². The number of carbonyl (C=O) groups excluding carboxylic acids is 2. The van der Waals surface area contributed by atoms with Gasteiger partial charge in [-0.1, -0.05) is 90.3 Å². The third kappa shape index (κ3) is 10.9. The number of hydrogen-bond acceptors (Lipinski definition) is 7. The minimum Gasteiger partial charge on any atom is -0.448 e. The summed E-state index contributed by atoms with van der Waals surface area (Å²) < 4.78 is 5.29. The number of amides is 2. The van der Waals surface area contributed by atoms with Crippen LogP contribution in [0.2, 0.25) is 0 Å². The van der Waals surface area contributed by atoms with Crippen LogP contribution >= 0.6 is 30.2 Å². The minimum absolute atomic E-state index is 0.00483. The van der Waals surface area contributed by atoms with Crippen molar-refractivity contribution in [1.29, 1.82) is 0 Å². The van der Waals surface area contributed by atoms with Crippen molar-refractivity contribution < 1.29 is 14.3 Å². The minimum atomic E-state index is -0.333. The second-order valence-corrected chi connectivity index (χ2v) is 14.7. The van der Waals surface area contributed by atoms with Crippen LogP contribution in [0.4, 0.5) is 16.2 Å². The Bertz CT molecular complexity index is 1620. The van der Waals surface area contributed by atoms with Crippen LogP contribution in [0.15, 0.2) is 89.9 Å². The molecule has 236 valence electrons. The number of hydrogen-bond donors (Lipinski definition) is 2. The van der Waals surface area contributed by atoms with Crippen LogP contribution in [0, 0.1) is 6.92 Å². The van der Waals surface area contributed by atoms with Crippen molar-refractivity contribution in [3.05, 3.63) is 102 Å². The fourth-order valence-corrected chi connectivity index (χ4v) is 7.28. The molecule has 1 aliphatic heterocycles. The van der Waals surface area contributed by atoms with E-state index in [1.165, 1.54) is 21.2 Å². The first-order valence-corrected chi connectivity index (χ1v) is 18.6. The van der Waals surface area contributed by atoms with Gasteiger partial charge in [-0.05, 0) is 72.0 Å². The van der Waals surface area contributed by atoms with Crippen molar-refractivity contribution in [2.45, 2.75) is 20.3 Å². The number of benzene rings is 4. The number of ether oxygens (including phenoxy) is 1. The number of anilines is 1. The molecule has 5 rings (SSSR count). The second kappa shape index (κ2) is 18.0. The first-order valence-electron chi connectivity index (χ1n) is 14.9. The molecule has 7 nitrogen and oxygen atoms in total. The Kier molecular flexibility index (Phi) is 13.8. The molecular weight excluding hydrogens is 620 g/mol. The molecule has 1 atom stereocenters. The first kappa shape index (κ1) is 34.5.